The van der Waals surface area contributed by atoms with Gasteiger partial charge in [0.05, 0.1) is 25.4 Å². The smallest absolute Gasteiger partial charge is 0.306 e. The summed E-state index contributed by atoms with van der Waals surface area (Å²) in [4.78, 5) is 26.6. The van der Waals surface area contributed by atoms with Crippen molar-refractivity contribution in [3.8, 4) is 0 Å². The maximum absolute atomic E-state index is 13.4. The van der Waals surface area contributed by atoms with E-state index >= 15 is 0 Å². The van der Waals surface area contributed by atoms with E-state index in [1.54, 1.807) is 6.08 Å². The Labute approximate surface area is 514 Å². The van der Waals surface area contributed by atoms with Gasteiger partial charge >= 0.3 is 5.97 Å². The monoisotopic (exact) mass is 1180 g/mol. The van der Waals surface area contributed by atoms with E-state index in [9.17, 15) is 35.1 Å². The lowest BCUT2D eigenvalue weighted by Gasteiger charge is -2.41. The normalized spacial score (nSPS) is 19.1. The minimum atomic E-state index is -1.63. The number of carbonyl (C=O) groups excluding carboxylic acids is 2. The van der Waals surface area contributed by atoms with Crippen LogP contribution in [0.2, 0.25) is 0 Å². The number of amides is 1. The number of allylic oxidation sites excluding steroid dienone is 15. The molecule has 1 rings (SSSR count). The van der Waals surface area contributed by atoms with Crippen molar-refractivity contribution in [3.63, 3.8) is 0 Å². The van der Waals surface area contributed by atoms with Crippen LogP contribution in [0.3, 0.4) is 0 Å². The molecule has 8 unspecified atom stereocenters. The molecule has 0 bridgehead atoms. The minimum absolute atomic E-state index is 0.115. The van der Waals surface area contributed by atoms with Gasteiger partial charge in [-0.25, -0.2) is 0 Å². The minimum Gasteiger partial charge on any atom is -0.454 e. The van der Waals surface area contributed by atoms with Crippen molar-refractivity contribution in [2.24, 2.45) is 0 Å². The van der Waals surface area contributed by atoms with Gasteiger partial charge in [-0.15, -0.1) is 0 Å². The van der Waals surface area contributed by atoms with Gasteiger partial charge in [-0.1, -0.05) is 279 Å². The first-order valence-electron chi connectivity index (χ1n) is 34.5. The molecule has 1 amide bonds. The van der Waals surface area contributed by atoms with Gasteiger partial charge in [0.25, 0.3) is 0 Å². The number of hydrogen-bond donors (Lipinski definition) is 6. The van der Waals surface area contributed by atoms with Crippen LogP contribution in [-0.2, 0) is 23.8 Å². The summed E-state index contributed by atoms with van der Waals surface area (Å²) in [7, 11) is 0. The predicted molar refractivity (Wildman–Crippen MR) is 352 cm³/mol. The molecule has 11 nitrogen and oxygen atoms in total. The molecule has 11 heteroatoms. The topological polar surface area (TPSA) is 175 Å². The second kappa shape index (κ2) is 59.9. The highest BCUT2D eigenvalue weighted by atomic mass is 16.7. The van der Waals surface area contributed by atoms with E-state index in [0.717, 1.165) is 83.5 Å². The molecule has 6 N–H and O–H groups in total. The first-order valence-corrected chi connectivity index (χ1v) is 34.5. The summed E-state index contributed by atoms with van der Waals surface area (Å²) in [5.41, 5.74) is 0. The fourth-order valence-electron chi connectivity index (χ4n) is 10.3. The zero-order valence-electron chi connectivity index (χ0n) is 53.7. The number of esters is 1. The van der Waals surface area contributed by atoms with Gasteiger partial charge in [-0.2, -0.15) is 0 Å². The molecule has 0 aromatic rings. The van der Waals surface area contributed by atoms with Crippen molar-refractivity contribution >= 4 is 11.9 Å². The van der Waals surface area contributed by atoms with Crippen LogP contribution in [0.5, 0.6) is 0 Å². The fraction of sp³-hybridized carbons (Fsp3) is 0.753. The lowest BCUT2D eigenvalue weighted by molar-refractivity contribution is -0.305. The first-order chi connectivity index (χ1) is 41.2. The average molecular weight is 1180 g/mol. The van der Waals surface area contributed by atoms with Crippen molar-refractivity contribution in [2.75, 3.05) is 13.2 Å². The van der Waals surface area contributed by atoms with Crippen molar-refractivity contribution in [3.05, 3.63) is 97.2 Å². The molecule has 1 fully saturated rings. The maximum atomic E-state index is 13.4. The standard InChI is InChI=1S/C73H127NO10/c1-4-7-10-13-16-19-22-25-27-29-31-33-34-35-37-39-41-43-46-49-52-55-58-61-68(78)84-71-70(80)69(79)67(62-75)83-73(71)82-63-64(65(76)59-56-53-50-47-44-24-21-18-15-12-9-6-3)74-72(81)66(77)60-57-54-51-48-45-42-40-38-36-32-30-28-26-23-20-17-14-11-8-5-2/h8,11,17,20,25-28,32,36,40,42,48,51,56,59,64-67,69-71,73,75-77,79-80H,4-7,9-10,12-16,18-19,21-24,29-31,33-35,37-39,41,43-47,49-50,52-55,57-58,60-63H2,1-3H3,(H,74,81)/b11-8-,20-17-,27-25+,28-26-,36-32-,42-40-,51-48-,59-56+. The Morgan fingerprint density at radius 2 is 0.857 bits per heavy atom. The van der Waals surface area contributed by atoms with Crippen LogP contribution in [0, 0.1) is 0 Å². The predicted octanol–water partition coefficient (Wildman–Crippen LogP) is 17.5. The van der Waals surface area contributed by atoms with Crippen LogP contribution >= 0.6 is 0 Å². The number of rotatable bonds is 58. The second-order valence-corrected chi connectivity index (χ2v) is 23.5. The van der Waals surface area contributed by atoms with Crippen LogP contribution < -0.4 is 5.32 Å². The number of hydrogen-bond acceptors (Lipinski definition) is 10. The number of aliphatic hydroxyl groups excluding tert-OH is 5. The van der Waals surface area contributed by atoms with Crippen molar-refractivity contribution in [2.45, 2.75) is 339 Å². The highest BCUT2D eigenvalue weighted by Gasteiger charge is 2.47. The molecule has 0 radical (unpaired) electrons. The van der Waals surface area contributed by atoms with Crippen LogP contribution in [0.25, 0.3) is 0 Å². The highest BCUT2D eigenvalue weighted by Crippen LogP contribution is 2.26. The van der Waals surface area contributed by atoms with E-state index in [4.69, 9.17) is 14.2 Å². The molecule has 1 saturated heterocycles. The van der Waals surface area contributed by atoms with Crippen molar-refractivity contribution < 1.29 is 49.3 Å². The molecule has 8 atom stereocenters. The summed E-state index contributed by atoms with van der Waals surface area (Å²) < 4.78 is 17.7. The summed E-state index contributed by atoms with van der Waals surface area (Å²) >= 11 is 0. The third kappa shape index (κ3) is 46.8. The van der Waals surface area contributed by atoms with Gasteiger partial charge in [-0.05, 0) is 103 Å². The average Bonchev–Trinajstić information content (AvgIpc) is 3.52. The van der Waals surface area contributed by atoms with E-state index in [2.05, 4.69) is 105 Å². The fourth-order valence-corrected chi connectivity index (χ4v) is 10.3. The van der Waals surface area contributed by atoms with Gasteiger partial charge in [0.15, 0.2) is 12.4 Å². The third-order valence-corrected chi connectivity index (χ3v) is 15.7. The number of aliphatic hydroxyl groups is 5. The van der Waals surface area contributed by atoms with Crippen LogP contribution in [0.4, 0.5) is 0 Å². The van der Waals surface area contributed by atoms with Gasteiger partial charge in [0.1, 0.15) is 24.4 Å². The number of carbonyl (C=O) groups is 2. The zero-order chi connectivity index (χ0) is 61.0. The SMILES string of the molecule is CC/C=C\C/C=C\C/C=C\C/C=C\C/C=C\C/C=C\CCCC(O)C(=O)NC(COC1OC(CO)C(O)C(O)C1OC(=O)CCCCCCCCCCCCCCC/C=C/CCCCCCCC)C(O)/C=C/CCCCCCCCCCCC. The highest BCUT2D eigenvalue weighted by molar-refractivity contribution is 5.80. The Hall–Kier alpha value is -3.42. The second-order valence-electron chi connectivity index (χ2n) is 23.5. The summed E-state index contributed by atoms with van der Waals surface area (Å²) in [5.74, 6) is -1.24. The lowest BCUT2D eigenvalue weighted by atomic mass is 9.99. The molecule has 0 aromatic heterocycles. The Morgan fingerprint density at radius 3 is 1.30 bits per heavy atom. The van der Waals surface area contributed by atoms with E-state index in [-0.39, 0.29) is 19.4 Å². The lowest BCUT2D eigenvalue weighted by Crippen LogP contribution is -2.61. The molecule has 1 aliphatic heterocycles. The number of nitrogens with one attached hydrogen (secondary N) is 1. The molecule has 0 spiro atoms. The third-order valence-electron chi connectivity index (χ3n) is 15.7. The zero-order valence-corrected chi connectivity index (χ0v) is 53.7. The van der Waals surface area contributed by atoms with Crippen molar-refractivity contribution in [1.82, 2.24) is 5.32 Å². The molecular weight excluding hydrogens is 1050 g/mol. The maximum Gasteiger partial charge on any atom is 0.306 e. The van der Waals surface area contributed by atoms with E-state index in [1.807, 2.05) is 12.2 Å². The van der Waals surface area contributed by atoms with Gasteiger partial charge < -0.3 is 45.1 Å². The molecule has 484 valence electrons. The molecule has 1 heterocycles. The molecule has 1 aliphatic rings. The molecule has 0 aromatic carbocycles. The molecule has 0 saturated carbocycles. The summed E-state index contributed by atoms with van der Waals surface area (Å²) in [6, 6.07) is -1.05. The van der Waals surface area contributed by atoms with Gasteiger partial charge in [0.2, 0.25) is 5.91 Å². The summed E-state index contributed by atoms with van der Waals surface area (Å²) in [6.45, 7) is 5.66. The van der Waals surface area contributed by atoms with E-state index in [1.165, 1.54) is 154 Å². The quantitative estimate of drug-likeness (QED) is 0.0195. The Bertz CT molecular complexity index is 1740. The largest absolute Gasteiger partial charge is 0.454 e. The molecule has 84 heavy (non-hydrogen) atoms. The Balaban J connectivity index is 2.63. The van der Waals surface area contributed by atoms with Crippen molar-refractivity contribution in [1.29, 1.82) is 0 Å². The molecule has 0 aliphatic carbocycles. The van der Waals surface area contributed by atoms with E-state index in [0.29, 0.717) is 19.3 Å². The van der Waals surface area contributed by atoms with Crippen LogP contribution in [0.1, 0.15) is 290 Å². The van der Waals surface area contributed by atoms with Gasteiger partial charge in [0, 0.05) is 6.42 Å². The first kappa shape index (κ1) is 78.6. The summed E-state index contributed by atoms with van der Waals surface area (Å²) in [5, 5.41) is 57.1. The van der Waals surface area contributed by atoms with E-state index < -0.39 is 67.4 Å². The Morgan fingerprint density at radius 1 is 0.476 bits per heavy atom. The number of unbranched alkanes of at least 4 members (excludes halogenated alkanes) is 30. The van der Waals surface area contributed by atoms with Crippen LogP contribution in [-0.4, -0.2) is 99.6 Å². The Kier molecular flexibility index (Phi) is 56.0. The van der Waals surface area contributed by atoms with Gasteiger partial charge in [-0.3, -0.25) is 9.59 Å². The summed E-state index contributed by atoms with van der Waals surface area (Å²) in [6.07, 6.45) is 70.2. The molecular formula is C73H127NO10. The van der Waals surface area contributed by atoms with Crippen LogP contribution in [0.15, 0.2) is 97.2 Å². The number of ether oxygens (including phenoxy) is 3.